The number of fused-ring (bicyclic) bond motifs is 2. The number of carbonyl (C=O) groups excluding carboxylic acids is 1. The number of nitrogens with zero attached hydrogens (tertiary/aromatic N) is 1. The minimum atomic E-state index is -3.99. The Balaban J connectivity index is 1.57. The average Bonchev–Trinajstić information content (AvgIpc) is 2.76. The maximum absolute atomic E-state index is 13.2. The molecule has 2 N–H and O–H groups in total. The fourth-order valence-corrected chi connectivity index (χ4v) is 5.16. The minimum absolute atomic E-state index is 0.116. The van der Waals surface area contributed by atoms with E-state index in [2.05, 4.69) is 4.72 Å². The molecule has 2 aromatic carbocycles. The lowest BCUT2D eigenvalue weighted by Crippen LogP contribution is -2.53. The molecule has 2 aliphatic heterocycles. The number of halogens is 1. The van der Waals surface area contributed by atoms with Crippen LogP contribution in [0.4, 0.5) is 10.1 Å². The van der Waals surface area contributed by atoms with Crippen LogP contribution in [0.15, 0.2) is 47.4 Å². The molecule has 33 heavy (non-hydrogen) atoms. The molecule has 0 radical (unpaired) electrons. The second kappa shape index (κ2) is 8.99. The van der Waals surface area contributed by atoms with Gasteiger partial charge in [-0.2, -0.15) is 0 Å². The Morgan fingerprint density at radius 3 is 2.64 bits per heavy atom. The van der Waals surface area contributed by atoms with Crippen LogP contribution in [-0.4, -0.2) is 62.2 Å². The molecule has 9 nitrogen and oxygen atoms in total. The lowest BCUT2D eigenvalue weighted by molar-refractivity contribution is -0.148. The SMILES string of the molecule is CN1C(=O)c2cc(NS(=O)(=O)c3ccc(F)cc3)ccc2OC[C@@H]2O[C@H](CC(=O)O)CC[C@H]21. The molecule has 2 aromatic rings. The van der Waals surface area contributed by atoms with Gasteiger partial charge in [-0.25, -0.2) is 12.8 Å². The van der Waals surface area contributed by atoms with Crippen molar-refractivity contribution in [1.82, 2.24) is 4.90 Å². The molecular weight excluding hydrogens is 455 g/mol. The number of carboxylic acid groups (broad SMARTS) is 1. The fraction of sp³-hybridized carbons (Fsp3) is 0.364. The molecule has 0 saturated carbocycles. The lowest BCUT2D eigenvalue weighted by Gasteiger charge is -2.42. The summed E-state index contributed by atoms with van der Waals surface area (Å²) in [6.07, 6.45) is 0.00473. The summed E-state index contributed by atoms with van der Waals surface area (Å²) in [7, 11) is -2.36. The van der Waals surface area contributed by atoms with E-state index >= 15 is 0 Å². The van der Waals surface area contributed by atoms with Crippen molar-refractivity contribution in [2.75, 3.05) is 18.4 Å². The van der Waals surface area contributed by atoms with Crippen molar-refractivity contribution in [1.29, 1.82) is 0 Å². The van der Waals surface area contributed by atoms with Crippen molar-refractivity contribution < 1.29 is 37.0 Å². The van der Waals surface area contributed by atoms with Gasteiger partial charge >= 0.3 is 5.97 Å². The zero-order chi connectivity index (χ0) is 23.8. The topological polar surface area (TPSA) is 122 Å². The van der Waals surface area contributed by atoms with E-state index in [-0.39, 0.29) is 46.9 Å². The molecule has 0 aliphatic carbocycles. The van der Waals surface area contributed by atoms with Crippen LogP contribution in [-0.2, 0) is 19.6 Å². The summed E-state index contributed by atoms with van der Waals surface area (Å²) in [6.45, 7) is 0.117. The smallest absolute Gasteiger partial charge is 0.305 e. The highest BCUT2D eigenvalue weighted by Crippen LogP contribution is 2.33. The number of ether oxygens (including phenoxy) is 2. The largest absolute Gasteiger partial charge is 0.490 e. The molecule has 1 amide bonds. The molecule has 2 aliphatic rings. The van der Waals surface area contributed by atoms with Gasteiger partial charge in [-0.3, -0.25) is 14.3 Å². The summed E-state index contributed by atoms with van der Waals surface area (Å²) in [5.41, 5.74) is 0.338. The van der Waals surface area contributed by atoms with Crippen LogP contribution in [0.3, 0.4) is 0 Å². The monoisotopic (exact) mass is 478 g/mol. The Morgan fingerprint density at radius 1 is 1.21 bits per heavy atom. The first-order chi connectivity index (χ1) is 15.6. The Labute approximate surface area is 190 Å². The third-order valence-electron chi connectivity index (χ3n) is 5.79. The first-order valence-electron chi connectivity index (χ1n) is 10.3. The minimum Gasteiger partial charge on any atom is -0.490 e. The Morgan fingerprint density at radius 2 is 1.94 bits per heavy atom. The Kier molecular flexibility index (Phi) is 6.26. The van der Waals surface area contributed by atoms with Crippen LogP contribution in [0.5, 0.6) is 5.75 Å². The van der Waals surface area contributed by atoms with Crippen molar-refractivity contribution >= 4 is 27.6 Å². The van der Waals surface area contributed by atoms with Crippen LogP contribution in [0.2, 0.25) is 0 Å². The zero-order valence-electron chi connectivity index (χ0n) is 17.7. The molecule has 1 fully saturated rings. The van der Waals surface area contributed by atoms with Crippen LogP contribution >= 0.6 is 0 Å². The quantitative estimate of drug-likeness (QED) is 0.677. The van der Waals surface area contributed by atoms with E-state index in [1.807, 2.05) is 0 Å². The molecule has 11 heteroatoms. The van der Waals surface area contributed by atoms with E-state index in [1.165, 1.54) is 23.1 Å². The number of benzene rings is 2. The molecule has 1 saturated heterocycles. The van der Waals surface area contributed by atoms with Gasteiger partial charge in [0.05, 0.1) is 29.0 Å². The van der Waals surface area contributed by atoms with E-state index < -0.39 is 34.0 Å². The predicted octanol–water partition coefficient (Wildman–Crippen LogP) is 2.48. The highest BCUT2D eigenvalue weighted by molar-refractivity contribution is 7.92. The number of amides is 1. The van der Waals surface area contributed by atoms with E-state index in [0.29, 0.717) is 12.8 Å². The number of aliphatic carboxylic acids is 1. The van der Waals surface area contributed by atoms with Gasteiger partial charge in [-0.15, -0.1) is 0 Å². The number of rotatable bonds is 5. The average molecular weight is 478 g/mol. The van der Waals surface area contributed by atoms with Gasteiger partial charge in [0, 0.05) is 12.7 Å². The molecule has 0 bridgehead atoms. The number of hydrogen-bond donors (Lipinski definition) is 2. The number of sulfonamides is 1. The first-order valence-corrected chi connectivity index (χ1v) is 11.8. The van der Waals surface area contributed by atoms with Crippen LogP contribution in [0, 0.1) is 5.82 Å². The second-order valence-electron chi connectivity index (χ2n) is 8.04. The van der Waals surface area contributed by atoms with Crippen molar-refractivity contribution in [3.05, 3.63) is 53.8 Å². The Bertz CT molecular complexity index is 1170. The van der Waals surface area contributed by atoms with Gasteiger partial charge in [0.2, 0.25) is 0 Å². The van der Waals surface area contributed by atoms with Gasteiger partial charge in [0.25, 0.3) is 15.9 Å². The van der Waals surface area contributed by atoms with E-state index in [9.17, 15) is 22.4 Å². The molecule has 176 valence electrons. The maximum Gasteiger partial charge on any atom is 0.305 e. The molecule has 2 heterocycles. The summed E-state index contributed by atoms with van der Waals surface area (Å²) >= 11 is 0. The number of anilines is 1. The molecule has 4 rings (SSSR count). The van der Waals surface area contributed by atoms with E-state index in [1.54, 1.807) is 7.05 Å². The highest BCUT2D eigenvalue weighted by Gasteiger charge is 2.39. The fourth-order valence-electron chi connectivity index (χ4n) is 4.11. The van der Waals surface area contributed by atoms with Crippen LogP contribution in [0.25, 0.3) is 0 Å². The van der Waals surface area contributed by atoms with Crippen molar-refractivity contribution in [3.8, 4) is 5.75 Å². The normalized spacial score (nSPS) is 22.9. The zero-order valence-corrected chi connectivity index (χ0v) is 18.5. The summed E-state index contributed by atoms with van der Waals surface area (Å²) < 4.78 is 52.5. The summed E-state index contributed by atoms with van der Waals surface area (Å²) in [5, 5.41) is 9.04. The standard InChI is InChI=1S/C22H23FN2O7S/c1-25-18-8-5-15(11-21(26)27)32-20(18)12-31-19-9-4-14(10-17(19)22(25)28)24-33(29,30)16-6-2-13(23)3-7-16/h2-4,6-7,9-10,15,18,20,24H,5,8,11-12H2,1H3,(H,26,27)/t15-,18+,20-/m0/s1. The predicted molar refractivity (Wildman–Crippen MR) is 115 cm³/mol. The van der Waals surface area contributed by atoms with Gasteiger partial charge in [-0.05, 0) is 55.3 Å². The number of hydrogen-bond acceptors (Lipinski definition) is 6. The number of likely N-dealkylation sites (N-methyl/N-ethyl adjacent to an activating group) is 1. The molecule has 0 spiro atoms. The number of carboxylic acids is 1. The second-order valence-corrected chi connectivity index (χ2v) is 9.72. The third kappa shape index (κ3) is 4.93. The summed E-state index contributed by atoms with van der Waals surface area (Å²) in [4.78, 5) is 25.6. The summed E-state index contributed by atoms with van der Waals surface area (Å²) in [5.74, 6) is -1.61. The molecule has 0 unspecified atom stereocenters. The van der Waals surface area contributed by atoms with Crippen LogP contribution in [0.1, 0.15) is 29.6 Å². The van der Waals surface area contributed by atoms with Crippen LogP contribution < -0.4 is 9.46 Å². The van der Waals surface area contributed by atoms with Gasteiger partial charge in [0.1, 0.15) is 24.3 Å². The van der Waals surface area contributed by atoms with Gasteiger partial charge in [-0.1, -0.05) is 0 Å². The van der Waals surface area contributed by atoms with E-state index in [0.717, 1.165) is 24.3 Å². The van der Waals surface area contributed by atoms with Crippen molar-refractivity contribution in [3.63, 3.8) is 0 Å². The van der Waals surface area contributed by atoms with Crippen molar-refractivity contribution in [2.45, 2.75) is 42.4 Å². The van der Waals surface area contributed by atoms with Gasteiger partial charge < -0.3 is 19.5 Å². The summed E-state index contributed by atoms with van der Waals surface area (Å²) in [6, 6.07) is 8.42. The number of carbonyl (C=O) groups is 2. The molecule has 3 atom stereocenters. The first kappa shape index (κ1) is 23.0. The molecule has 0 aromatic heterocycles. The van der Waals surface area contributed by atoms with E-state index in [4.69, 9.17) is 14.6 Å². The molecular formula is C22H23FN2O7S. The highest BCUT2D eigenvalue weighted by atomic mass is 32.2. The third-order valence-corrected chi connectivity index (χ3v) is 7.19. The number of nitrogens with one attached hydrogen (secondary N) is 1. The van der Waals surface area contributed by atoms with Crippen molar-refractivity contribution in [2.24, 2.45) is 0 Å². The van der Waals surface area contributed by atoms with Gasteiger partial charge in [0.15, 0.2) is 0 Å². The Hall–Kier alpha value is -3.18. The maximum atomic E-state index is 13.2. The lowest BCUT2D eigenvalue weighted by atomic mass is 9.95.